The third-order valence-electron chi connectivity index (χ3n) is 4.50. The van der Waals surface area contributed by atoms with Gasteiger partial charge < -0.3 is 10.1 Å². The standard InChI is InChI=1S/C19H16F6N2O2/c20-18(21,22)12-7-5-11(6-8-12)15(27-17(28)14-4-2-10-29-14)16-13(19(23,24)25)3-1-9-26-16/h1,3,5-9,14-15H,2,4,10H2,(H,27,28)/t14-,15-/m0/s1. The molecule has 0 saturated carbocycles. The van der Waals surface area contributed by atoms with Gasteiger partial charge in [-0.2, -0.15) is 26.3 Å². The molecule has 3 rings (SSSR count). The van der Waals surface area contributed by atoms with Crippen molar-refractivity contribution < 1.29 is 35.9 Å². The molecule has 0 aliphatic carbocycles. The van der Waals surface area contributed by atoms with Crippen LogP contribution < -0.4 is 5.32 Å². The zero-order valence-corrected chi connectivity index (χ0v) is 14.8. The summed E-state index contributed by atoms with van der Waals surface area (Å²) in [5.41, 5.74) is -2.51. The molecule has 0 bridgehead atoms. The number of carbonyl (C=O) groups is 1. The number of hydrogen-bond acceptors (Lipinski definition) is 3. The van der Waals surface area contributed by atoms with E-state index in [0.717, 1.165) is 42.6 Å². The van der Waals surface area contributed by atoms with Crippen molar-refractivity contribution >= 4 is 5.91 Å². The lowest BCUT2D eigenvalue weighted by Gasteiger charge is -2.24. The number of benzene rings is 1. The Hall–Kier alpha value is -2.62. The van der Waals surface area contributed by atoms with Crippen molar-refractivity contribution in [2.24, 2.45) is 0 Å². The topological polar surface area (TPSA) is 51.2 Å². The molecule has 10 heteroatoms. The molecule has 1 saturated heterocycles. The number of rotatable bonds is 4. The van der Waals surface area contributed by atoms with Gasteiger partial charge in [0, 0.05) is 12.8 Å². The molecular formula is C19H16F6N2O2. The summed E-state index contributed by atoms with van der Waals surface area (Å²) in [6.07, 6.45) is -8.04. The third-order valence-corrected chi connectivity index (χ3v) is 4.50. The molecule has 2 aromatic rings. The monoisotopic (exact) mass is 418 g/mol. The number of alkyl halides is 6. The van der Waals surface area contributed by atoms with Gasteiger partial charge in [0.2, 0.25) is 5.91 Å². The van der Waals surface area contributed by atoms with Gasteiger partial charge in [-0.15, -0.1) is 0 Å². The molecule has 1 aromatic heterocycles. The van der Waals surface area contributed by atoms with Crippen LogP contribution in [0.5, 0.6) is 0 Å². The first-order valence-electron chi connectivity index (χ1n) is 8.68. The fraction of sp³-hybridized carbons (Fsp3) is 0.368. The van der Waals surface area contributed by atoms with E-state index < -0.39 is 47.2 Å². The highest BCUT2D eigenvalue weighted by molar-refractivity contribution is 5.81. The largest absolute Gasteiger partial charge is 0.418 e. The maximum absolute atomic E-state index is 13.5. The summed E-state index contributed by atoms with van der Waals surface area (Å²) in [5.74, 6) is -0.647. The Bertz CT molecular complexity index is 858. The van der Waals surface area contributed by atoms with Crippen LogP contribution >= 0.6 is 0 Å². The van der Waals surface area contributed by atoms with Crippen molar-refractivity contribution in [3.63, 3.8) is 0 Å². The maximum Gasteiger partial charge on any atom is 0.418 e. The van der Waals surface area contributed by atoms with Gasteiger partial charge in [0.05, 0.1) is 22.9 Å². The van der Waals surface area contributed by atoms with E-state index in [4.69, 9.17) is 4.74 Å². The molecule has 0 unspecified atom stereocenters. The average Bonchev–Trinajstić information content (AvgIpc) is 3.20. The number of ether oxygens (including phenoxy) is 1. The lowest BCUT2D eigenvalue weighted by Crippen LogP contribution is -2.38. The van der Waals surface area contributed by atoms with Crippen molar-refractivity contribution in [1.82, 2.24) is 10.3 Å². The fourth-order valence-electron chi connectivity index (χ4n) is 3.08. The first kappa shape index (κ1) is 21.1. The molecule has 0 radical (unpaired) electrons. The van der Waals surface area contributed by atoms with Crippen LogP contribution in [0.1, 0.15) is 41.3 Å². The van der Waals surface area contributed by atoms with Crippen LogP contribution in [0, 0.1) is 0 Å². The second-order valence-electron chi connectivity index (χ2n) is 6.50. The van der Waals surface area contributed by atoms with Gasteiger partial charge in [0.25, 0.3) is 0 Å². The van der Waals surface area contributed by atoms with Gasteiger partial charge >= 0.3 is 12.4 Å². The number of amides is 1. The van der Waals surface area contributed by atoms with Gasteiger partial charge in [-0.3, -0.25) is 9.78 Å². The van der Waals surface area contributed by atoms with Gasteiger partial charge in [-0.25, -0.2) is 0 Å². The molecule has 2 atom stereocenters. The number of nitrogens with one attached hydrogen (secondary N) is 1. The van der Waals surface area contributed by atoms with Crippen LogP contribution in [-0.2, 0) is 21.9 Å². The predicted molar refractivity (Wildman–Crippen MR) is 89.6 cm³/mol. The molecule has 1 aliphatic rings. The van der Waals surface area contributed by atoms with Crippen molar-refractivity contribution in [2.75, 3.05) is 6.61 Å². The SMILES string of the molecule is O=C(N[C@@H](c1ccc(C(F)(F)F)cc1)c1ncccc1C(F)(F)F)[C@@H]1CCCO1. The van der Waals surface area contributed by atoms with Crippen LogP contribution in [-0.4, -0.2) is 23.6 Å². The van der Waals surface area contributed by atoms with Gasteiger partial charge in [0.15, 0.2) is 0 Å². The molecule has 1 aromatic carbocycles. The number of pyridine rings is 1. The molecule has 4 nitrogen and oxygen atoms in total. The van der Waals surface area contributed by atoms with Crippen LogP contribution in [0.3, 0.4) is 0 Å². The molecule has 1 aliphatic heterocycles. The highest BCUT2D eigenvalue weighted by atomic mass is 19.4. The van der Waals surface area contributed by atoms with E-state index in [1.54, 1.807) is 0 Å². The Labute approximate surface area is 161 Å². The highest BCUT2D eigenvalue weighted by Gasteiger charge is 2.38. The van der Waals surface area contributed by atoms with Crippen molar-refractivity contribution in [3.8, 4) is 0 Å². The summed E-state index contributed by atoms with van der Waals surface area (Å²) < 4.78 is 84.1. The van der Waals surface area contributed by atoms with Crippen molar-refractivity contribution in [1.29, 1.82) is 0 Å². The first-order valence-corrected chi connectivity index (χ1v) is 8.68. The summed E-state index contributed by atoms with van der Waals surface area (Å²) in [7, 11) is 0. The lowest BCUT2D eigenvalue weighted by atomic mass is 9.97. The second kappa shape index (κ2) is 8.02. The summed E-state index contributed by atoms with van der Waals surface area (Å²) in [6.45, 7) is 0.348. The van der Waals surface area contributed by atoms with E-state index in [0.29, 0.717) is 19.4 Å². The minimum absolute atomic E-state index is 0.0357. The Kier molecular flexibility index (Phi) is 5.83. The minimum Gasteiger partial charge on any atom is -0.368 e. The fourth-order valence-corrected chi connectivity index (χ4v) is 3.08. The number of aromatic nitrogens is 1. The van der Waals surface area contributed by atoms with E-state index in [1.165, 1.54) is 0 Å². The Balaban J connectivity index is 2.02. The molecule has 1 amide bonds. The molecule has 2 heterocycles. The first-order chi connectivity index (χ1) is 13.6. The van der Waals surface area contributed by atoms with Crippen molar-refractivity contribution in [3.05, 3.63) is 65.0 Å². The predicted octanol–water partition coefficient (Wildman–Crippen LogP) is 4.50. The van der Waals surface area contributed by atoms with E-state index in [9.17, 15) is 31.1 Å². The molecule has 29 heavy (non-hydrogen) atoms. The average molecular weight is 418 g/mol. The Morgan fingerprint density at radius 2 is 1.76 bits per heavy atom. The molecule has 0 spiro atoms. The van der Waals surface area contributed by atoms with E-state index in [1.807, 2.05) is 0 Å². The Morgan fingerprint density at radius 3 is 2.31 bits per heavy atom. The van der Waals surface area contributed by atoms with Crippen LogP contribution in [0.4, 0.5) is 26.3 Å². The molecule has 1 fully saturated rings. The van der Waals surface area contributed by atoms with Gasteiger partial charge in [-0.05, 0) is 42.7 Å². The zero-order chi connectivity index (χ0) is 21.2. The van der Waals surface area contributed by atoms with Gasteiger partial charge in [0.1, 0.15) is 6.10 Å². The maximum atomic E-state index is 13.5. The normalized spacial score (nSPS) is 18.5. The number of halogens is 6. The summed E-state index contributed by atoms with van der Waals surface area (Å²) in [4.78, 5) is 16.2. The number of nitrogens with zero attached hydrogens (tertiary/aromatic N) is 1. The number of carbonyl (C=O) groups excluding carboxylic acids is 1. The molecule has 1 N–H and O–H groups in total. The van der Waals surface area contributed by atoms with Crippen LogP contribution in [0.15, 0.2) is 42.6 Å². The van der Waals surface area contributed by atoms with Gasteiger partial charge in [-0.1, -0.05) is 12.1 Å². The van der Waals surface area contributed by atoms with E-state index >= 15 is 0 Å². The highest BCUT2D eigenvalue weighted by Crippen LogP contribution is 2.36. The van der Waals surface area contributed by atoms with Crippen LogP contribution in [0.2, 0.25) is 0 Å². The summed E-state index contributed by atoms with van der Waals surface area (Å²) in [6, 6.07) is 4.05. The molecular weight excluding hydrogens is 402 g/mol. The van der Waals surface area contributed by atoms with Crippen LogP contribution in [0.25, 0.3) is 0 Å². The summed E-state index contributed by atoms with van der Waals surface area (Å²) >= 11 is 0. The second-order valence-corrected chi connectivity index (χ2v) is 6.50. The zero-order valence-electron chi connectivity index (χ0n) is 14.8. The third kappa shape index (κ3) is 4.87. The lowest BCUT2D eigenvalue weighted by molar-refractivity contribution is -0.139. The molecule has 156 valence electrons. The Morgan fingerprint density at radius 1 is 1.07 bits per heavy atom. The smallest absolute Gasteiger partial charge is 0.368 e. The van der Waals surface area contributed by atoms with E-state index in [-0.39, 0.29) is 5.56 Å². The van der Waals surface area contributed by atoms with Crippen molar-refractivity contribution in [2.45, 2.75) is 37.3 Å². The number of hydrogen-bond donors (Lipinski definition) is 1. The quantitative estimate of drug-likeness (QED) is 0.744. The summed E-state index contributed by atoms with van der Waals surface area (Å²) in [5, 5.41) is 2.45. The minimum atomic E-state index is -4.76. The van der Waals surface area contributed by atoms with E-state index in [2.05, 4.69) is 10.3 Å².